The topological polar surface area (TPSA) is 45.0 Å². The molecule has 1 N–H and O–H groups in total. The van der Waals surface area contributed by atoms with Crippen LogP contribution in [0.2, 0.25) is 0 Å². The summed E-state index contributed by atoms with van der Waals surface area (Å²) in [7, 11) is 1.75. The van der Waals surface area contributed by atoms with E-state index in [4.69, 9.17) is 10.00 Å². The van der Waals surface area contributed by atoms with E-state index in [1.165, 1.54) is 0 Å². The van der Waals surface area contributed by atoms with Crippen molar-refractivity contribution < 1.29 is 4.74 Å². The number of nitrogens with one attached hydrogen (secondary N) is 1. The van der Waals surface area contributed by atoms with Crippen molar-refractivity contribution in [3.05, 3.63) is 0 Å². The van der Waals surface area contributed by atoms with E-state index in [1.54, 1.807) is 7.11 Å². The molecule has 0 spiro atoms. The van der Waals surface area contributed by atoms with Gasteiger partial charge in [0.1, 0.15) is 0 Å². The van der Waals surface area contributed by atoms with E-state index >= 15 is 0 Å². The van der Waals surface area contributed by atoms with E-state index in [2.05, 4.69) is 5.32 Å². The van der Waals surface area contributed by atoms with Gasteiger partial charge in [-0.05, 0) is 25.7 Å². The molecule has 0 aliphatic heterocycles. The number of methoxy groups -OCH3 is 1. The highest BCUT2D eigenvalue weighted by molar-refractivity contribution is 4.82. The molecule has 0 radical (unpaired) electrons. The molecule has 1 fully saturated rings. The van der Waals surface area contributed by atoms with E-state index in [0.717, 1.165) is 25.7 Å². The van der Waals surface area contributed by atoms with Crippen LogP contribution in [0, 0.1) is 11.5 Å². The van der Waals surface area contributed by atoms with Crippen molar-refractivity contribution in [1.29, 1.82) is 5.26 Å². The quantitative estimate of drug-likeness (QED) is 0.477. The highest BCUT2D eigenvalue weighted by atomic mass is 16.5. The maximum absolute atomic E-state index is 8.35. The first kappa shape index (κ1) is 8.35. The van der Waals surface area contributed by atoms with Crippen LogP contribution in [0.3, 0.4) is 0 Å². The average molecular weight is 154 g/mol. The van der Waals surface area contributed by atoms with Crippen LogP contribution in [-0.2, 0) is 4.74 Å². The summed E-state index contributed by atoms with van der Waals surface area (Å²) in [6.45, 7) is 0. The first-order valence-corrected chi connectivity index (χ1v) is 4.04. The minimum atomic E-state index is 0.395. The lowest BCUT2D eigenvalue weighted by molar-refractivity contribution is 0.0642. The molecule has 1 saturated carbocycles. The number of nitriles is 1. The van der Waals surface area contributed by atoms with Crippen LogP contribution in [0.15, 0.2) is 0 Å². The number of hydrogen-bond acceptors (Lipinski definition) is 3. The van der Waals surface area contributed by atoms with Gasteiger partial charge < -0.3 is 10.1 Å². The summed E-state index contributed by atoms with van der Waals surface area (Å²) >= 11 is 0. The molecule has 0 unspecified atom stereocenters. The normalized spacial score (nSPS) is 30.9. The van der Waals surface area contributed by atoms with Crippen molar-refractivity contribution in [2.24, 2.45) is 0 Å². The Morgan fingerprint density at radius 3 is 2.45 bits per heavy atom. The molecule has 0 bridgehead atoms. The fraction of sp³-hybridized carbons (Fsp3) is 0.875. The highest BCUT2D eigenvalue weighted by Gasteiger charge is 2.19. The minimum absolute atomic E-state index is 0.395. The van der Waals surface area contributed by atoms with E-state index in [1.807, 2.05) is 6.19 Å². The Hall–Kier alpha value is -0.750. The van der Waals surface area contributed by atoms with Gasteiger partial charge in [0.25, 0.3) is 0 Å². The second-order valence-corrected chi connectivity index (χ2v) is 2.97. The summed E-state index contributed by atoms with van der Waals surface area (Å²) in [5.41, 5.74) is 0. The monoisotopic (exact) mass is 154 g/mol. The van der Waals surface area contributed by atoms with Gasteiger partial charge in [-0.1, -0.05) is 0 Å². The molecule has 0 saturated heterocycles. The van der Waals surface area contributed by atoms with Crippen LogP contribution in [-0.4, -0.2) is 19.3 Å². The Kier molecular flexibility index (Phi) is 3.18. The molecule has 0 aromatic carbocycles. The van der Waals surface area contributed by atoms with Crippen LogP contribution in [0.25, 0.3) is 0 Å². The van der Waals surface area contributed by atoms with E-state index in [9.17, 15) is 0 Å². The van der Waals surface area contributed by atoms with Crippen molar-refractivity contribution in [1.82, 2.24) is 5.32 Å². The molecule has 0 atom stereocenters. The predicted octanol–water partition coefficient (Wildman–Crippen LogP) is 1.01. The molecule has 62 valence electrons. The summed E-state index contributed by atoms with van der Waals surface area (Å²) in [6.07, 6.45) is 6.68. The number of nitrogens with zero attached hydrogens (tertiary/aromatic N) is 1. The fourth-order valence-corrected chi connectivity index (χ4v) is 1.53. The van der Waals surface area contributed by atoms with Gasteiger partial charge in [0.2, 0.25) is 0 Å². The summed E-state index contributed by atoms with van der Waals surface area (Å²) in [5.74, 6) is 0. The second kappa shape index (κ2) is 4.20. The Bertz CT molecular complexity index is 145. The lowest BCUT2D eigenvalue weighted by Gasteiger charge is -2.26. The first-order valence-electron chi connectivity index (χ1n) is 4.04. The van der Waals surface area contributed by atoms with E-state index < -0.39 is 0 Å². The molecule has 1 aliphatic rings. The predicted molar refractivity (Wildman–Crippen MR) is 41.8 cm³/mol. The standard InChI is InChI=1S/C8H14N2O/c1-11-8-4-2-7(3-5-8)10-6-9/h7-8,10H,2-5H2,1H3. The Morgan fingerprint density at radius 2 is 2.00 bits per heavy atom. The smallest absolute Gasteiger partial charge is 0.176 e. The molecule has 0 aromatic heterocycles. The lowest BCUT2D eigenvalue weighted by atomic mass is 9.93. The third-order valence-electron chi connectivity index (χ3n) is 2.28. The molecule has 0 amide bonds. The van der Waals surface area contributed by atoms with Gasteiger partial charge in [0.05, 0.1) is 6.10 Å². The van der Waals surface area contributed by atoms with Crippen molar-refractivity contribution in [3.63, 3.8) is 0 Å². The third kappa shape index (κ3) is 2.39. The molecule has 3 heteroatoms. The lowest BCUT2D eigenvalue weighted by Crippen LogP contribution is -2.32. The molecular weight excluding hydrogens is 140 g/mol. The van der Waals surface area contributed by atoms with Gasteiger partial charge in [-0.2, -0.15) is 5.26 Å². The summed E-state index contributed by atoms with van der Waals surface area (Å²) in [5, 5.41) is 11.1. The van der Waals surface area contributed by atoms with E-state index in [0.29, 0.717) is 12.1 Å². The summed E-state index contributed by atoms with van der Waals surface area (Å²) < 4.78 is 5.21. The van der Waals surface area contributed by atoms with Crippen LogP contribution in [0.4, 0.5) is 0 Å². The molecule has 1 aliphatic carbocycles. The zero-order valence-corrected chi connectivity index (χ0v) is 6.84. The molecule has 11 heavy (non-hydrogen) atoms. The number of rotatable bonds is 2. The molecule has 0 aromatic rings. The highest BCUT2D eigenvalue weighted by Crippen LogP contribution is 2.20. The number of ether oxygens (including phenoxy) is 1. The Labute approximate surface area is 67.3 Å². The van der Waals surface area contributed by atoms with Gasteiger partial charge in [-0.25, -0.2) is 0 Å². The Morgan fingerprint density at radius 1 is 1.36 bits per heavy atom. The first-order chi connectivity index (χ1) is 5.36. The number of hydrogen-bond donors (Lipinski definition) is 1. The minimum Gasteiger partial charge on any atom is -0.381 e. The maximum Gasteiger partial charge on any atom is 0.176 e. The van der Waals surface area contributed by atoms with Crippen LogP contribution in [0.5, 0.6) is 0 Å². The average Bonchev–Trinajstić information content (AvgIpc) is 2.07. The molecule has 0 heterocycles. The zero-order valence-electron chi connectivity index (χ0n) is 6.84. The molecule has 1 rings (SSSR count). The van der Waals surface area contributed by atoms with Crippen LogP contribution < -0.4 is 5.32 Å². The van der Waals surface area contributed by atoms with Crippen molar-refractivity contribution in [3.8, 4) is 6.19 Å². The zero-order chi connectivity index (χ0) is 8.10. The van der Waals surface area contributed by atoms with Gasteiger partial charge in [0, 0.05) is 13.2 Å². The molecular formula is C8H14N2O. The van der Waals surface area contributed by atoms with Gasteiger partial charge in [-0.15, -0.1) is 0 Å². The second-order valence-electron chi connectivity index (χ2n) is 2.97. The Balaban J connectivity index is 2.20. The van der Waals surface area contributed by atoms with E-state index in [-0.39, 0.29) is 0 Å². The van der Waals surface area contributed by atoms with Gasteiger partial charge >= 0.3 is 0 Å². The SMILES string of the molecule is COC1CCC(NC#N)CC1. The van der Waals surface area contributed by atoms with Crippen LogP contribution in [0.1, 0.15) is 25.7 Å². The summed E-state index contributed by atoms with van der Waals surface area (Å²) in [6, 6.07) is 0.395. The fourth-order valence-electron chi connectivity index (χ4n) is 1.53. The van der Waals surface area contributed by atoms with Gasteiger partial charge in [-0.3, -0.25) is 0 Å². The largest absolute Gasteiger partial charge is 0.381 e. The third-order valence-corrected chi connectivity index (χ3v) is 2.28. The van der Waals surface area contributed by atoms with Crippen LogP contribution >= 0.6 is 0 Å². The van der Waals surface area contributed by atoms with Crippen molar-refractivity contribution in [2.45, 2.75) is 37.8 Å². The summed E-state index contributed by atoms with van der Waals surface area (Å²) in [4.78, 5) is 0. The van der Waals surface area contributed by atoms with Crippen molar-refractivity contribution >= 4 is 0 Å². The van der Waals surface area contributed by atoms with Crippen molar-refractivity contribution in [2.75, 3.05) is 7.11 Å². The maximum atomic E-state index is 8.35. The van der Waals surface area contributed by atoms with Gasteiger partial charge in [0.15, 0.2) is 6.19 Å². The molecule has 3 nitrogen and oxygen atoms in total.